The Morgan fingerprint density at radius 2 is 1.97 bits per heavy atom. The number of amides is 2. The molecule has 0 fully saturated rings. The van der Waals surface area contributed by atoms with Gasteiger partial charge in [0.15, 0.2) is 0 Å². The summed E-state index contributed by atoms with van der Waals surface area (Å²) >= 11 is 3.43. The SMILES string of the molecule is CCN(CC)C(CC(N)=O)n1c(C=C2C(=O)Nc3ccc(Br)cc32)cc(C)c1C(=O)O. The molecule has 4 N–H and O–H groups in total. The zero-order valence-corrected chi connectivity index (χ0v) is 19.2. The van der Waals surface area contributed by atoms with Gasteiger partial charge in [0.1, 0.15) is 5.69 Å². The van der Waals surface area contributed by atoms with Crippen LogP contribution in [0.3, 0.4) is 0 Å². The number of carboxylic acid groups (broad SMARTS) is 1. The summed E-state index contributed by atoms with van der Waals surface area (Å²) in [7, 11) is 0. The lowest BCUT2D eigenvalue weighted by atomic mass is 10.1. The topological polar surface area (TPSA) is 118 Å². The summed E-state index contributed by atoms with van der Waals surface area (Å²) < 4.78 is 2.42. The van der Waals surface area contributed by atoms with Crippen molar-refractivity contribution in [3.63, 3.8) is 0 Å². The van der Waals surface area contributed by atoms with Crippen molar-refractivity contribution in [2.75, 3.05) is 18.4 Å². The van der Waals surface area contributed by atoms with Crippen molar-refractivity contribution in [2.24, 2.45) is 5.73 Å². The quantitative estimate of drug-likeness (QED) is 0.491. The van der Waals surface area contributed by atoms with E-state index < -0.39 is 18.0 Å². The lowest BCUT2D eigenvalue weighted by Crippen LogP contribution is -2.37. The predicted molar refractivity (Wildman–Crippen MR) is 123 cm³/mol. The Bertz CT molecular complexity index is 1090. The fourth-order valence-electron chi connectivity index (χ4n) is 4.04. The lowest BCUT2D eigenvalue weighted by molar-refractivity contribution is -0.120. The molecule has 31 heavy (non-hydrogen) atoms. The summed E-state index contributed by atoms with van der Waals surface area (Å²) in [6.45, 7) is 6.76. The largest absolute Gasteiger partial charge is 0.477 e. The van der Waals surface area contributed by atoms with Gasteiger partial charge in [0.05, 0.1) is 18.2 Å². The molecule has 8 nitrogen and oxygen atoms in total. The molecule has 1 aromatic carbocycles. The highest BCUT2D eigenvalue weighted by molar-refractivity contribution is 9.10. The van der Waals surface area contributed by atoms with Gasteiger partial charge in [-0.1, -0.05) is 29.8 Å². The molecule has 2 amide bonds. The third kappa shape index (κ3) is 4.42. The number of fused-ring (bicyclic) bond motifs is 1. The molecule has 1 aromatic heterocycles. The fourth-order valence-corrected chi connectivity index (χ4v) is 4.40. The summed E-state index contributed by atoms with van der Waals surface area (Å²) in [5.41, 5.74) is 8.46. The number of aromatic carboxylic acids is 1. The minimum Gasteiger partial charge on any atom is -0.477 e. The number of anilines is 1. The minimum absolute atomic E-state index is 0.0550. The summed E-state index contributed by atoms with van der Waals surface area (Å²) in [4.78, 5) is 38.6. The molecular formula is C22H25BrN4O4. The van der Waals surface area contributed by atoms with Crippen LogP contribution in [-0.2, 0) is 9.59 Å². The molecule has 0 saturated heterocycles. The molecule has 1 unspecified atom stereocenters. The highest BCUT2D eigenvalue weighted by Crippen LogP contribution is 2.36. The van der Waals surface area contributed by atoms with Gasteiger partial charge in [0.2, 0.25) is 5.91 Å². The monoisotopic (exact) mass is 488 g/mol. The van der Waals surface area contributed by atoms with E-state index in [1.807, 2.05) is 30.9 Å². The van der Waals surface area contributed by atoms with E-state index in [4.69, 9.17) is 5.73 Å². The van der Waals surface area contributed by atoms with E-state index in [9.17, 15) is 19.5 Å². The van der Waals surface area contributed by atoms with Crippen molar-refractivity contribution in [1.82, 2.24) is 9.47 Å². The number of hydrogen-bond donors (Lipinski definition) is 3. The van der Waals surface area contributed by atoms with Crippen LogP contribution in [0.25, 0.3) is 11.6 Å². The predicted octanol–water partition coefficient (Wildman–Crippen LogP) is 3.47. The molecule has 0 bridgehead atoms. The van der Waals surface area contributed by atoms with Crippen LogP contribution < -0.4 is 11.1 Å². The summed E-state index contributed by atoms with van der Waals surface area (Å²) in [5.74, 6) is -1.92. The summed E-state index contributed by atoms with van der Waals surface area (Å²) in [5, 5.41) is 12.7. The number of primary amides is 1. The van der Waals surface area contributed by atoms with Crippen LogP contribution in [0.15, 0.2) is 28.7 Å². The summed E-state index contributed by atoms with van der Waals surface area (Å²) in [6, 6.07) is 7.19. The highest BCUT2D eigenvalue weighted by atomic mass is 79.9. The van der Waals surface area contributed by atoms with E-state index in [1.165, 1.54) is 0 Å². The van der Waals surface area contributed by atoms with Gasteiger partial charge in [-0.05, 0) is 55.9 Å². The molecule has 3 rings (SSSR count). The average molecular weight is 489 g/mol. The first-order valence-electron chi connectivity index (χ1n) is 9.98. The number of nitrogens with one attached hydrogen (secondary N) is 1. The van der Waals surface area contributed by atoms with Gasteiger partial charge in [-0.2, -0.15) is 0 Å². The van der Waals surface area contributed by atoms with Crippen molar-refractivity contribution in [3.8, 4) is 0 Å². The molecular weight excluding hydrogens is 464 g/mol. The van der Waals surface area contributed by atoms with Gasteiger partial charge in [0.25, 0.3) is 5.91 Å². The number of aryl methyl sites for hydroxylation is 1. The number of carboxylic acids is 1. The van der Waals surface area contributed by atoms with Crippen LogP contribution in [0, 0.1) is 6.92 Å². The number of halogens is 1. The number of benzene rings is 1. The van der Waals surface area contributed by atoms with Crippen LogP contribution in [-0.4, -0.2) is 45.4 Å². The molecule has 2 aromatic rings. The van der Waals surface area contributed by atoms with E-state index in [0.717, 1.165) is 10.0 Å². The van der Waals surface area contributed by atoms with Gasteiger partial charge in [0, 0.05) is 21.4 Å². The molecule has 0 radical (unpaired) electrons. The highest BCUT2D eigenvalue weighted by Gasteiger charge is 2.30. The van der Waals surface area contributed by atoms with Gasteiger partial charge in [-0.25, -0.2) is 4.79 Å². The Morgan fingerprint density at radius 1 is 1.29 bits per heavy atom. The zero-order chi connectivity index (χ0) is 22.9. The third-order valence-corrected chi connectivity index (χ3v) is 5.93. The normalized spacial score (nSPS) is 15.3. The molecule has 0 spiro atoms. The second kappa shape index (κ2) is 9.07. The molecule has 2 heterocycles. The first kappa shape index (κ1) is 22.8. The van der Waals surface area contributed by atoms with Gasteiger partial charge < -0.3 is 20.7 Å². The standard InChI is InChI=1S/C22H25BrN4O4/c1-4-26(5-2)19(11-18(24)28)27-14(8-12(3)20(27)22(30)31)10-16-15-9-13(23)6-7-17(15)25-21(16)29/h6-10,19H,4-5,11H2,1-3H3,(H2,24,28)(H,25,29)(H,30,31). The van der Waals surface area contributed by atoms with E-state index in [2.05, 4.69) is 21.2 Å². The Balaban J connectivity index is 2.25. The number of hydrogen-bond acceptors (Lipinski definition) is 4. The van der Waals surface area contributed by atoms with Crippen LogP contribution in [0.2, 0.25) is 0 Å². The van der Waals surface area contributed by atoms with E-state index in [-0.39, 0.29) is 18.0 Å². The molecule has 0 saturated carbocycles. The Kier molecular flexibility index (Phi) is 6.66. The van der Waals surface area contributed by atoms with Crippen molar-refractivity contribution in [1.29, 1.82) is 0 Å². The van der Waals surface area contributed by atoms with Crippen molar-refractivity contribution in [2.45, 2.75) is 33.4 Å². The zero-order valence-electron chi connectivity index (χ0n) is 17.6. The van der Waals surface area contributed by atoms with E-state index in [1.54, 1.807) is 29.7 Å². The fraction of sp³-hybridized carbons (Fsp3) is 0.318. The third-order valence-electron chi connectivity index (χ3n) is 5.43. The van der Waals surface area contributed by atoms with Crippen LogP contribution in [0.1, 0.15) is 53.7 Å². The maximum atomic E-state index is 12.7. The molecule has 0 aliphatic carbocycles. The van der Waals surface area contributed by atoms with Crippen molar-refractivity contribution >= 4 is 51.1 Å². The molecule has 1 aliphatic rings. The number of rotatable bonds is 8. The number of nitrogens with zero attached hydrogens (tertiary/aromatic N) is 2. The Morgan fingerprint density at radius 3 is 2.55 bits per heavy atom. The number of aromatic nitrogens is 1. The second-order valence-corrected chi connectivity index (χ2v) is 8.27. The number of carbonyl (C=O) groups excluding carboxylic acids is 2. The lowest BCUT2D eigenvalue weighted by Gasteiger charge is -2.32. The first-order valence-corrected chi connectivity index (χ1v) is 10.8. The Hall–Kier alpha value is -2.91. The first-order chi connectivity index (χ1) is 14.7. The Labute approximate surface area is 188 Å². The molecule has 9 heteroatoms. The molecule has 1 aliphatic heterocycles. The van der Waals surface area contributed by atoms with Crippen LogP contribution in [0.5, 0.6) is 0 Å². The van der Waals surface area contributed by atoms with Gasteiger partial charge in [-0.15, -0.1) is 0 Å². The summed E-state index contributed by atoms with van der Waals surface area (Å²) in [6.07, 6.45) is 1.02. The van der Waals surface area contributed by atoms with Crippen LogP contribution >= 0.6 is 15.9 Å². The minimum atomic E-state index is -1.11. The average Bonchev–Trinajstić information content (AvgIpc) is 3.18. The smallest absolute Gasteiger partial charge is 0.352 e. The maximum Gasteiger partial charge on any atom is 0.352 e. The van der Waals surface area contributed by atoms with E-state index >= 15 is 0 Å². The van der Waals surface area contributed by atoms with Crippen LogP contribution in [0.4, 0.5) is 5.69 Å². The molecule has 1 atom stereocenters. The molecule has 164 valence electrons. The number of carbonyl (C=O) groups is 3. The number of nitrogens with two attached hydrogens (primary N) is 1. The van der Waals surface area contributed by atoms with Crippen molar-refractivity contribution in [3.05, 3.63) is 51.3 Å². The maximum absolute atomic E-state index is 12.7. The van der Waals surface area contributed by atoms with Crippen molar-refractivity contribution < 1.29 is 19.5 Å². The van der Waals surface area contributed by atoms with Gasteiger partial charge >= 0.3 is 5.97 Å². The van der Waals surface area contributed by atoms with E-state index in [0.29, 0.717) is 35.6 Å². The van der Waals surface area contributed by atoms with Gasteiger partial charge in [-0.3, -0.25) is 14.5 Å². The second-order valence-electron chi connectivity index (χ2n) is 7.35.